The number of hydrogen-bond donors (Lipinski definition) is 0. The largest absolute Gasteiger partial charge is 0.334 e. The van der Waals surface area contributed by atoms with Crippen molar-refractivity contribution < 1.29 is 0 Å². The van der Waals surface area contributed by atoms with Crippen LogP contribution in [-0.4, -0.2) is 16.6 Å². The molecule has 3 aliphatic carbocycles. The van der Waals surface area contributed by atoms with Gasteiger partial charge in [0.2, 0.25) is 0 Å². The van der Waals surface area contributed by atoms with Gasteiger partial charge in [0.1, 0.15) is 0 Å². The van der Waals surface area contributed by atoms with Crippen molar-refractivity contribution >= 4 is 66.4 Å². The molecule has 3 fully saturated rings. The second-order valence-electron chi connectivity index (χ2n) is 29.4. The fourth-order valence-electron chi connectivity index (χ4n) is 20.0. The Morgan fingerprint density at radius 2 is 0.545 bits per heavy atom. The first kappa shape index (κ1) is 54.0. The second kappa shape index (κ2) is 18.9. The maximum Gasteiger partial charge on any atom is 0.0517 e. The normalized spacial score (nSPS) is 26.1. The number of rotatable bonds is 7. The van der Waals surface area contributed by atoms with Crippen LogP contribution in [0, 0.1) is 20.8 Å². The van der Waals surface area contributed by atoms with E-state index < -0.39 is 0 Å². The molecule has 0 bridgehead atoms. The topological polar surface area (TPSA) is 9.72 Å². The molecular weight excluding hydrogens is 1060 g/mol. The maximum atomic E-state index is 2.75. The van der Waals surface area contributed by atoms with Gasteiger partial charge in [-0.15, -0.1) is 0 Å². The van der Waals surface area contributed by atoms with E-state index in [4.69, 9.17) is 0 Å². The van der Waals surface area contributed by atoms with Crippen molar-refractivity contribution in [3.8, 4) is 44.5 Å². The number of aryl methyl sites for hydroxylation is 3. The third kappa shape index (κ3) is 7.03. The predicted octanol–water partition coefficient (Wildman–Crippen LogP) is 23.4. The summed E-state index contributed by atoms with van der Waals surface area (Å²) >= 11 is 0. The molecule has 6 aliphatic rings. The van der Waals surface area contributed by atoms with Gasteiger partial charge in [0.05, 0.1) is 16.6 Å². The molecule has 0 spiro atoms. The molecule has 17 rings (SSSR count). The SMILES string of the molecule is Cc1cc2c(cc1-c1cc(-c3ccccc3)c3ccc4c(-c5cc6c(cc5C)N(c5ccccc5)C5(C)CCCCC65C)cc(-c5cc6c(cc5C)N(c5ccccc5)C5(C)CCCCC65C)c5ccc1c3c45)C1(C)CCCCC1(C)N2c1ccccc1. The lowest BCUT2D eigenvalue weighted by molar-refractivity contribution is 0.195. The average Bonchev–Trinajstić information content (AvgIpc) is 1.42. The van der Waals surface area contributed by atoms with Crippen LogP contribution in [0.1, 0.15) is 152 Å². The smallest absolute Gasteiger partial charge is 0.0517 e. The highest BCUT2D eigenvalue weighted by atomic mass is 15.3. The first-order valence-electron chi connectivity index (χ1n) is 33.5. The van der Waals surface area contributed by atoms with Crippen molar-refractivity contribution in [2.75, 3.05) is 14.7 Å². The molecule has 3 saturated carbocycles. The molecule has 0 radical (unpaired) electrons. The summed E-state index contributed by atoms with van der Waals surface area (Å²) in [6, 6.07) is 76.4. The summed E-state index contributed by atoms with van der Waals surface area (Å²) in [4.78, 5) is 8.25. The van der Waals surface area contributed by atoms with E-state index in [0.717, 1.165) is 0 Å². The van der Waals surface area contributed by atoms with E-state index in [2.05, 4.69) is 271 Å². The van der Waals surface area contributed by atoms with Crippen molar-refractivity contribution in [2.24, 2.45) is 0 Å². The zero-order valence-electron chi connectivity index (χ0n) is 53.3. The number of para-hydroxylation sites is 3. The monoisotopic (exact) mass is 1150 g/mol. The van der Waals surface area contributed by atoms with Gasteiger partial charge in [0.25, 0.3) is 0 Å². The Bertz CT molecular complexity index is 4510. The molecule has 0 saturated heterocycles. The highest BCUT2D eigenvalue weighted by Crippen LogP contribution is 2.66. The van der Waals surface area contributed by atoms with Gasteiger partial charge in [-0.25, -0.2) is 0 Å². The van der Waals surface area contributed by atoms with Crippen LogP contribution in [0.2, 0.25) is 0 Å². The lowest BCUT2D eigenvalue weighted by Gasteiger charge is -2.50. The Hall–Kier alpha value is -8.14. The van der Waals surface area contributed by atoms with Crippen molar-refractivity contribution in [3.05, 3.63) is 228 Å². The molecule has 3 heterocycles. The number of fused-ring (bicyclic) bond motifs is 9. The van der Waals surface area contributed by atoms with Crippen molar-refractivity contribution in [2.45, 2.75) is 172 Å². The minimum absolute atomic E-state index is 0.0231. The molecule has 3 heteroatoms. The zero-order valence-corrected chi connectivity index (χ0v) is 53.3. The highest BCUT2D eigenvalue weighted by molar-refractivity contribution is 6.32. The van der Waals surface area contributed by atoms with E-state index in [-0.39, 0.29) is 32.9 Å². The number of anilines is 6. The Morgan fingerprint density at radius 1 is 0.273 bits per heavy atom. The van der Waals surface area contributed by atoms with Gasteiger partial charge in [0.15, 0.2) is 0 Å². The van der Waals surface area contributed by atoms with E-state index >= 15 is 0 Å². The lowest BCUT2D eigenvalue weighted by Crippen LogP contribution is -2.54. The minimum Gasteiger partial charge on any atom is -0.334 e. The number of benzene rings is 11. The summed E-state index contributed by atoms with van der Waals surface area (Å²) in [5, 5.41) is 8.06. The standard InChI is InChI=1S/C85H83N3/c1-54-46-75-72(80(4)40-22-25-43-83(80,7)86(75)58-30-16-11-17-31-58)51-65(54)69-49-68(57-28-14-10-15-29-57)61-36-37-63-70(66-52-73-76(47-55(66)2)87(59-32-18-12-19-33-59)84(8)44-26-23-41-81(73,84)5)50-71(64-39-38-62(69)78(61)79(63)64)67-53-74-77(48-56(67)3)88(60-34-20-13-21-35-60)85(9)45-27-24-42-82(74,85)6/h10-21,28-39,46-53H,22-27,40-45H2,1-9H3. The van der Waals surface area contributed by atoms with E-state index in [1.54, 1.807) is 0 Å². The summed E-state index contributed by atoms with van der Waals surface area (Å²) < 4.78 is 0. The molecular formula is C85H83N3. The Balaban J connectivity index is 0.969. The van der Waals surface area contributed by atoms with Crippen molar-refractivity contribution in [1.82, 2.24) is 0 Å². The molecule has 0 amide bonds. The summed E-state index contributed by atoms with van der Waals surface area (Å²) in [5.74, 6) is 0. The van der Waals surface area contributed by atoms with Crippen LogP contribution in [0.3, 0.4) is 0 Å². The van der Waals surface area contributed by atoms with Crippen molar-refractivity contribution in [3.63, 3.8) is 0 Å². The maximum absolute atomic E-state index is 2.75. The van der Waals surface area contributed by atoms with E-state index in [9.17, 15) is 0 Å². The van der Waals surface area contributed by atoms with Gasteiger partial charge in [-0.3, -0.25) is 0 Å². The Morgan fingerprint density at radius 3 is 0.864 bits per heavy atom. The summed E-state index contributed by atoms with van der Waals surface area (Å²) in [6.45, 7) is 22.7. The Labute approximate surface area is 522 Å². The van der Waals surface area contributed by atoms with Gasteiger partial charge in [-0.2, -0.15) is 0 Å². The number of hydrogen-bond acceptors (Lipinski definition) is 3. The van der Waals surface area contributed by atoms with Crippen molar-refractivity contribution in [1.29, 1.82) is 0 Å². The Kier molecular flexibility index (Phi) is 11.6. The molecule has 3 aliphatic heterocycles. The average molecular weight is 1150 g/mol. The quantitative estimate of drug-likeness (QED) is 0.147. The third-order valence-corrected chi connectivity index (χ3v) is 25.2. The third-order valence-electron chi connectivity index (χ3n) is 25.2. The molecule has 88 heavy (non-hydrogen) atoms. The molecule has 11 aromatic carbocycles. The summed E-state index contributed by atoms with van der Waals surface area (Å²) in [7, 11) is 0. The van der Waals surface area contributed by atoms with E-state index in [0.29, 0.717) is 0 Å². The van der Waals surface area contributed by atoms with Gasteiger partial charge >= 0.3 is 0 Å². The lowest BCUT2D eigenvalue weighted by atomic mass is 9.61. The molecule has 6 atom stereocenters. The van der Waals surface area contributed by atoms with Gasteiger partial charge < -0.3 is 14.7 Å². The highest BCUT2D eigenvalue weighted by Gasteiger charge is 2.60. The summed E-state index contributed by atoms with van der Waals surface area (Å²) in [6.07, 6.45) is 14.5. The molecule has 11 aromatic rings. The minimum atomic E-state index is -0.0561. The summed E-state index contributed by atoms with van der Waals surface area (Å²) in [5.41, 5.74) is 26.9. The second-order valence-corrected chi connectivity index (χ2v) is 29.4. The predicted molar refractivity (Wildman–Crippen MR) is 375 cm³/mol. The fraction of sp³-hybridized carbons (Fsp3) is 0.318. The van der Waals surface area contributed by atoms with Crippen LogP contribution in [0.25, 0.3) is 76.8 Å². The van der Waals surface area contributed by atoms with E-state index in [1.165, 1.54) is 221 Å². The van der Waals surface area contributed by atoms with Crippen LogP contribution in [-0.2, 0) is 16.2 Å². The van der Waals surface area contributed by atoms with Gasteiger partial charge in [-0.05, 0) is 275 Å². The van der Waals surface area contributed by atoms with Crippen LogP contribution >= 0.6 is 0 Å². The number of nitrogens with zero attached hydrogens (tertiary/aromatic N) is 3. The first-order chi connectivity index (χ1) is 42.6. The molecule has 3 nitrogen and oxygen atoms in total. The van der Waals surface area contributed by atoms with Crippen LogP contribution < -0.4 is 14.7 Å². The van der Waals surface area contributed by atoms with Crippen LogP contribution in [0.4, 0.5) is 34.1 Å². The first-order valence-corrected chi connectivity index (χ1v) is 33.5. The fourth-order valence-corrected chi connectivity index (χ4v) is 20.0. The van der Waals surface area contributed by atoms with Gasteiger partial charge in [-0.1, -0.05) is 168 Å². The van der Waals surface area contributed by atoms with Crippen LogP contribution in [0.15, 0.2) is 194 Å². The van der Waals surface area contributed by atoms with E-state index in [1.807, 2.05) is 0 Å². The van der Waals surface area contributed by atoms with Gasteiger partial charge in [0, 0.05) is 50.4 Å². The molecule has 6 unspecified atom stereocenters. The molecule has 0 aromatic heterocycles. The van der Waals surface area contributed by atoms with Crippen LogP contribution in [0.5, 0.6) is 0 Å². The molecule has 438 valence electrons. The molecule has 0 N–H and O–H groups in total. The zero-order chi connectivity index (χ0) is 59.9.